The Bertz CT molecular complexity index is 1260. The van der Waals surface area contributed by atoms with E-state index in [0.717, 1.165) is 56.0 Å². The first-order valence-corrected chi connectivity index (χ1v) is 21.4. The van der Waals surface area contributed by atoms with Gasteiger partial charge in [0.15, 0.2) is 0 Å². The van der Waals surface area contributed by atoms with Crippen molar-refractivity contribution in [2.45, 2.75) is 133 Å². The lowest BCUT2D eigenvalue weighted by Crippen LogP contribution is -2.66. The van der Waals surface area contributed by atoms with Crippen LogP contribution in [0.4, 0.5) is 0 Å². The number of nitrogens with zero attached hydrogens (tertiary/aromatic N) is 2. The van der Waals surface area contributed by atoms with Gasteiger partial charge in [0, 0.05) is 50.2 Å². The number of piperidine rings is 1. The summed E-state index contributed by atoms with van der Waals surface area (Å²) in [7, 11) is 0. The van der Waals surface area contributed by atoms with Gasteiger partial charge in [0.1, 0.15) is 6.04 Å². The van der Waals surface area contributed by atoms with E-state index in [1.165, 1.54) is 25.7 Å². The lowest BCUT2D eigenvalue weighted by atomic mass is 9.77. The Hall–Kier alpha value is -2.12. The molecule has 6 aliphatic rings. The smallest absolute Gasteiger partial charge is 0.249 e. The summed E-state index contributed by atoms with van der Waals surface area (Å²) in [6.07, 6.45) is 11.7. The van der Waals surface area contributed by atoms with E-state index in [1.807, 2.05) is 0 Å². The number of amides is 4. The molecule has 55 heavy (non-hydrogen) atoms. The second-order valence-electron chi connectivity index (χ2n) is 16.1. The van der Waals surface area contributed by atoms with Crippen molar-refractivity contribution < 1.29 is 38.1 Å². The normalized spacial score (nSPS) is 32.8. The van der Waals surface area contributed by atoms with Crippen LogP contribution in [-0.4, -0.2) is 149 Å². The van der Waals surface area contributed by atoms with Crippen LogP contribution >= 0.6 is 0 Å². The maximum atomic E-state index is 13.3. The number of nitrogens with one attached hydrogen (secondary N) is 6. The number of hydrogen-bond donors (Lipinski definition) is 6. The summed E-state index contributed by atoms with van der Waals surface area (Å²) in [6.45, 7) is 11.2. The van der Waals surface area contributed by atoms with Gasteiger partial charge in [0.2, 0.25) is 23.6 Å². The van der Waals surface area contributed by atoms with Crippen LogP contribution in [0, 0.1) is 17.8 Å². The summed E-state index contributed by atoms with van der Waals surface area (Å²) in [5.41, 5.74) is 3.62. The Labute approximate surface area is 326 Å². The molecule has 4 amide bonds. The zero-order chi connectivity index (χ0) is 38.6. The molecular weight excluding hydrogens is 708 g/mol. The van der Waals surface area contributed by atoms with E-state index in [1.54, 1.807) is 0 Å². The molecule has 6 fully saturated rings. The minimum absolute atomic E-state index is 0.127. The van der Waals surface area contributed by atoms with Gasteiger partial charge in [-0.3, -0.25) is 45.5 Å². The van der Waals surface area contributed by atoms with Crippen LogP contribution in [-0.2, 0) is 38.1 Å². The molecule has 9 atom stereocenters. The van der Waals surface area contributed by atoms with Crippen molar-refractivity contribution in [2.75, 3.05) is 72.5 Å². The van der Waals surface area contributed by atoms with Crippen LogP contribution in [0.15, 0.2) is 0 Å². The summed E-state index contributed by atoms with van der Waals surface area (Å²) in [6, 6.07) is 0.612. The molecule has 0 spiro atoms. The Kier molecular flexibility index (Phi) is 16.7. The Morgan fingerprint density at radius 3 is 2.11 bits per heavy atom. The third-order valence-electron chi connectivity index (χ3n) is 12.7. The molecule has 4 heterocycles. The maximum absolute atomic E-state index is 13.3. The molecule has 4 saturated heterocycles. The summed E-state index contributed by atoms with van der Waals surface area (Å²) < 4.78 is 22.8. The number of imide groups is 2. The first-order chi connectivity index (χ1) is 26.9. The molecule has 0 aromatic rings. The van der Waals surface area contributed by atoms with Gasteiger partial charge in [-0.1, -0.05) is 33.1 Å². The SMILES string of the molecule is CCC(CC)C1CC(N[C@H]2CC[C@H](NCCOCCOCCOCCOCCNC3CCCC4C(=O)N(C5CCC(=O)NC5=O)C(=O)C34)C2)N2NCCC2N1. The minimum atomic E-state index is -0.897. The van der Waals surface area contributed by atoms with Crippen molar-refractivity contribution in [1.29, 1.82) is 0 Å². The van der Waals surface area contributed by atoms with E-state index in [9.17, 15) is 19.2 Å². The van der Waals surface area contributed by atoms with Crippen molar-refractivity contribution in [1.82, 2.24) is 41.9 Å². The Balaban J connectivity index is 0.730. The molecule has 0 aromatic heterocycles. The summed E-state index contributed by atoms with van der Waals surface area (Å²) in [5.74, 6) is -1.69. The van der Waals surface area contributed by atoms with Gasteiger partial charge < -0.3 is 29.6 Å². The van der Waals surface area contributed by atoms with Crippen LogP contribution in [0.1, 0.15) is 90.9 Å². The van der Waals surface area contributed by atoms with Gasteiger partial charge in [0.05, 0.1) is 77.0 Å². The lowest BCUT2D eigenvalue weighted by molar-refractivity contribution is -0.151. The van der Waals surface area contributed by atoms with E-state index < -0.39 is 23.8 Å². The molecule has 7 unspecified atom stereocenters. The molecule has 6 rings (SSSR count). The molecule has 0 bridgehead atoms. The lowest BCUT2D eigenvalue weighted by Gasteiger charge is -2.45. The van der Waals surface area contributed by atoms with Crippen LogP contribution in [0.25, 0.3) is 0 Å². The minimum Gasteiger partial charge on any atom is -0.378 e. The molecule has 0 radical (unpaired) electrons. The Morgan fingerprint density at radius 2 is 1.42 bits per heavy atom. The van der Waals surface area contributed by atoms with E-state index in [-0.39, 0.29) is 36.6 Å². The first-order valence-electron chi connectivity index (χ1n) is 21.4. The third kappa shape index (κ3) is 11.3. The highest BCUT2D eigenvalue weighted by Gasteiger charge is 2.55. The van der Waals surface area contributed by atoms with Gasteiger partial charge in [-0.2, -0.15) is 0 Å². The Morgan fingerprint density at radius 1 is 0.745 bits per heavy atom. The van der Waals surface area contributed by atoms with Gasteiger partial charge in [0.25, 0.3) is 0 Å². The molecule has 6 N–H and O–H groups in total. The first kappa shape index (κ1) is 42.5. The summed E-state index contributed by atoms with van der Waals surface area (Å²) in [4.78, 5) is 51.5. The number of hydrogen-bond acceptors (Lipinski definition) is 14. The average molecular weight is 777 g/mol. The highest BCUT2D eigenvalue weighted by Crippen LogP contribution is 2.40. The van der Waals surface area contributed by atoms with Gasteiger partial charge >= 0.3 is 0 Å². The van der Waals surface area contributed by atoms with Crippen LogP contribution in [0.2, 0.25) is 0 Å². The fraction of sp³-hybridized carbons (Fsp3) is 0.897. The van der Waals surface area contributed by atoms with E-state index >= 15 is 0 Å². The molecule has 2 saturated carbocycles. The van der Waals surface area contributed by atoms with E-state index in [4.69, 9.17) is 18.9 Å². The van der Waals surface area contributed by atoms with E-state index in [2.05, 4.69) is 50.9 Å². The second-order valence-corrected chi connectivity index (χ2v) is 16.1. The zero-order valence-corrected chi connectivity index (χ0v) is 33.2. The number of fused-ring (bicyclic) bond motifs is 2. The highest BCUT2D eigenvalue weighted by molar-refractivity contribution is 6.11. The number of rotatable bonds is 23. The molecule has 0 aromatic carbocycles. The molecule has 16 heteroatoms. The number of ether oxygens (including phenoxy) is 4. The van der Waals surface area contributed by atoms with E-state index in [0.29, 0.717) is 96.3 Å². The van der Waals surface area contributed by atoms with Gasteiger partial charge in [-0.05, 0) is 57.3 Å². The second kappa shape index (κ2) is 21.6. The molecular formula is C39H68N8O8. The van der Waals surface area contributed by atoms with Gasteiger partial charge in [-0.25, -0.2) is 5.01 Å². The monoisotopic (exact) mass is 777 g/mol. The molecule has 312 valence electrons. The predicted molar refractivity (Wildman–Crippen MR) is 204 cm³/mol. The largest absolute Gasteiger partial charge is 0.378 e. The van der Waals surface area contributed by atoms with Crippen molar-refractivity contribution in [2.24, 2.45) is 17.8 Å². The van der Waals surface area contributed by atoms with Gasteiger partial charge in [-0.15, -0.1) is 0 Å². The van der Waals surface area contributed by atoms with Crippen molar-refractivity contribution in [3.63, 3.8) is 0 Å². The molecule has 16 nitrogen and oxygen atoms in total. The molecule has 4 aliphatic heterocycles. The predicted octanol–water partition coefficient (Wildman–Crippen LogP) is 0.362. The number of carbonyl (C=O) groups is 4. The highest BCUT2D eigenvalue weighted by atomic mass is 16.6. The standard InChI is InChI=1S/C39H68N8O8/c1-3-26(4-2)31-25-34(47-33(44-31)12-13-42-47)43-28-9-8-27(24-28)40-14-16-52-18-20-54-22-23-55-21-19-53-17-15-41-30-7-5-6-29-36(30)39(51)46(38(29)50)32-10-11-35(48)45-37(32)49/h26-34,36,40-44H,3-25H2,1-2H3,(H,45,48,49)/t27-,28-,29?,30?,31?,32?,33?,34?,36?/m0/s1. The fourth-order valence-electron chi connectivity index (χ4n) is 9.81. The number of carbonyl (C=O) groups excluding carboxylic acids is 4. The summed E-state index contributed by atoms with van der Waals surface area (Å²) >= 11 is 0. The summed E-state index contributed by atoms with van der Waals surface area (Å²) in [5, 5.41) is 19.8. The topological polar surface area (TPSA) is 184 Å². The number of likely N-dealkylation sites (tertiary alicyclic amines) is 1. The van der Waals surface area contributed by atoms with Crippen molar-refractivity contribution in [3.05, 3.63) is 0 Å². The van der Waals surface area contributed by atoms with Crippen LogP contribution in [0.5, 0.6) is 0 Å². The third-order valence-corrected chi connectivity index (χ3v) is 12.7. The quantitative estimate of drug-likeness (QED) is 0.0618. The molecule has 2 aliphatic carbocycles. The van der Waals surface area contributed by atoms with Crippen molar-refractivity contribution in [3.8, 4) is 0 Å². The zero-order valence-electron chi connectivity index (χ0n) is 33.2. The van der Waals surface area contributed by atoms with Crippen molar-refractivity contribution >= 4 is 23.6 Å². The number of hydrazine groups is 1. The maximum Gasteiger partial charge on any atom is 0.249 e. The van der Waals surface area contributed by atoms with Crippen LogP contribution in [0.3, 0.4) is 0 Å². The van der Waals surface area contributed by atoms with Crippen LogP contribution < -0.4 is 32.0 Å². The average Bonchev–Trinajstić information content (AvgIpc) is 3.91. The fourth-order valence-corrected chi connectivity index (χ4v) is 9.81.